The quantitative estimate of drug-likeness (QED) is 0.707. The van der Waals surface area contributed by atoms with Crippen molar-refractivity contribution in [1.29, 1.82) is 0 Å². The summed E-state index contributed by atoms with van der Waals surface area (Å²) in [5, 5.41) is 14.6. The largest absolute Gasteiger partial charge is 0.387 e. The summed E-state index contributed by atoms with van der Waals surface area (Å²) in [5.74, 6) is -0.303. The summed E-state index contributed by atoms with van der Waals surface area (Å²) in [7, 11) is 0. The normalized spacial score (nSPS) is 13.6. The molecule has 0 aliphatic heterocycles. The lowest BCUT2D eigenvalue weighted by Gasteiger charge is -2.20. The maximum atomic E-state index is 13.0. The van der Waals surface area contributed by atoms with Crippen molar-refractivity contribution in [3.63, 3.8) is 0 Å². The minimum Gasteiger partial charge on any atom is -0.387 e. The number of hydrogen-bond acceptors (Lipinski definition) is 4. The zero-order valence-corrected chi connectivity index (χ0v) is 14.1. The van der Waals surface area contributed by atoms with Crippen molar-refractivity contribution in [1.82, 2.24) is 10.3 Å². The lowest BCUT2D eigenvalue weighted by Crippen LogP contribution is -2.31. The summed E-state index contributed by atoms with van der Waals surface area (Å²) in [6.45, 7) is 2.48. The van der Waals surface area contributed by atoms with Crippen molar-refractivity contribution in [3.05, 3.63) is 77.2 Å². The standard InChI is InChI=1S/C19H19FN2OS/c1-13(19(23)15-7-9-16(20)10-8-15)21-12-18-22-11-17(24-18)14-5-3-2-4-6-14/h2-11,13,19,21,23H,12H2,1H3. The Kier molecular flexibility index (Phi) is 5.35. The molecule has 124 valence electrons. The van der Waals surface area contributed by atoms with Crippen LogP contribution in [0.4, 0.5) is 4.39 Å². The predicted octanol–water partition coefficient (Wildman–Crippen LogP) is 4.16. The Morgan fingerprint density at radius 2 is 1.83 bits per heavy atom. The molecule has 2 aromatic carbocycles. The summed E-state index contributed by atoms with van der Waals surface area (Å²) >= 11 is 1.63. The Hall–Kier alpha value is -2.08. The number of halogens is 1. The fourth-order valence-corrected chi connectivity index (χ4v) is 3.31. The van der Waals surface area contributed by atoms with Gasteiger partial charge in [0.2, 0.25) is 0 Å². The summed E-state index contributed by atoms with van der Waals surface area (Å²) in [4.78, 5) is 5.56. The van der Waals surface area contributed by atoms with Crippen LogP contribution in [0.25, 0.3) is 10.4 Å². The second-order valence-electron chi connectivity index (χ2n) is 5.65. The van der Waals surface area contributed by atoms with E-state index < -0.39 is 6.10 Å². The Bertz CT molecular complexity index is 774. The number of nitrogens with one attached hydrogen (secondary N) is 1. The number of aliphatic hydroxyl groups is 1. The van der Waals surface area contributed by atoms with E-state index in [9.17, 15) is 9.50 Å². The number of nitrogens with zero attached hydrogens (tertiary/aromatic N) is 1. The van der Waals surface area contributed by atoms with Gasteiger partial charge in [0.15, 0.2) is 0 Å². The van der Waals surface area contributed by atoms with E-state index in [-0.39, 0.29) is 11.9 Å². The van der Waals surface area contributed by atoms with Crippen LogP contribution in [-0.4, -0.2) is 16.1 Å². The van der Waals surface area contributed by atoms with Crippen LogP contribution in [0.1, 0.15) is 23.6 Å². The molecule has 0 aliphatic carbocycles. The summed E-state index contributed by atoms with van der Waals surface area (Å²) in [5.41, 5.74) is 1.85. The van der Waals surface area contributed by atoms with E-state index in [4.69, 9.17) is 0 Å². The van der Waals surface area contributed by atoms with Crippen LogP contribution in [-0.2, 0) is 6.54 Å². The summed E-state index contributed by atoms with van der Waals surface area (Å²) in [6.07, 6.45) is 1.18. The molecule has 0 saturated heterocycles. The Morgan fingerprint density at radius 1 is 1.12 bits per heavy atom. The van der Waals surface area contributed by atoms with Crippen LogP contribution in [0.5, 0.6) is 0 Å². The van der Waals surface area contributed by atoms with Crippen molar-refractivity contribution in [2.24, 2.45) is 0 Å². The molecule has 0 fully saturated rings. The van der Waals surface area contributed by atoms with Crippen LogP contribution in [0.3, 0.4) is 0 Å². The fraction of sp³-hybridized carbons (Fsp3) is 0.211. The first-order valence-electron chi connectivity index (χ1n) is 7.80. The van der Waals surface area contributed by atoms with Gasteiger partial charge in [-0.3, -0.25) is 0 Å². The molecular formula is C19H19FN2OS. The van der Waals surface area contributed by atoms with Gasteiger partial charge in [-0.2, -0.15) is 0 Å². The Labute approximate surface area is 144 Å². The zero-order valence-electron chi connectivity index (χ0n) is 13.3. The summed E-state index contributed by atoms with van der Waals surface area (Å²) in [6, 6.07) is 15.9. The molecule has 2 N–H and O–H groups in total. The lowest BCUT2D eigenvalue weighted by atomic mass is 10.0. The van der Waals surface area contributed by atoms with Gasteiger partial charge in [0.1, 0.15) is 10.8 Å². The molecule has 0 aliphatic rings. The maximum Gasteiger partial charge on any atom is 0.123 e. The molecule has 24 heavy (non-hydrogen) atoms. The molecule has 3 nitrogen and oxygen atoms in total. The van der Waals surface area contributed by atoms with Crippen LogP contribution >= 0.6 is 11.3 Å². The first kappa shape index (κ1) is 16.8. The molecule has 1 aromatic heterocycles. The number of benzene rings is 2. The topological polar surface area (TPSA) is 45.2 Å². The molecule has 0 amide bonds. The number of rotatable bonds is 6. The van der Waals surface area contributed by atoms with Crippen molar-refractivity contribution in [2.45, 2.75) is 25.6 Å². The minimum atomic E-state index is -0.695. The van der Waals surface area contributed by atoms with E-state index in [1.165, 1.54) is 12.1 Å². The van der Waals surface area contributed by atoms with Gasteiger partial charge in [0, 0.05) is 18.8 Å². The third kappa shape index (κ3) is 4.06. The number of aliphatic hydroxyl groups excluding tert-OH is 1. The predicted molar refractivity (Wildman–Crippen MR) is 95.2 cm³/mol. The van der Waals surface area contributed by atoms with Crippen LogP contribution in [0, 0.1) is 5.82 Å². The van der Waals surface area contributed by atoms with Gasteiger partial charge >= 0.3 is 0 Å². The van der Waals surface area contributed by atoms with E-state index >= 15 is 0 Å². The molecule has 0 spiro atoms. The monoisotopic (exact) mass is 342 g/mol. The fourth-order valence-electron chi connectivity index (χ4n) is 2.44. The molecule has 3 rings (SSSR count). The van der Waals surface area contributed by atoms with Crippen LogP contribution in [0.2, 0.25) is 0 Å². The second kappa shape index (κ2) is 7.66. The molecule has 0 saturated carbocycles. The van der Waals surface area contributed by atoms with E-state index in [1.807, 2.05) is 31.3 Å². The van der Waals surface area contributed by atoms with Crippen LogP contribution in [0.15, 0.2) is 60.8 Å². The maximum absolute atomic E-state index is 13.0. The Morgan fingerprint density at radius 3 is 2.54 bits per heavy atom. The average molecular weight is 342 g/mol. The third-order valence-corrected chi connectivity index (χ3v) is 4.92. The van der Waals surface area contributed by atoms with Gasteiger partial charge in [-0.15, -0.1) is 11.3 Å². The van der Waals surface area contributed by atoms with Crippen molar-refractivity contribution < 1.29 is 9.50 Å². The van der Waals surface area contributed by atoms with Crippen molar-refractivity contribution >= 4 is 11.3 Å². The highest BCUT2D eigenvalue weighted by molar-refractivity contribution is 7.15. The first-order valence-corrected chi connectivity index (χ1v) is 8.62. The Balaban J connectivity index is 1.59. The highest BCUT2D eigenvalue weighted by Gasteiger charge is 2.16. The van der Waals surface area contributed by atoms with E-state index in [2.05, 4.69) is 22.4 Å². The molecule has 5 heteroatoms. The van der Waals surface area contributed by atoms with Gasteiger partial charge < -0.3 is 10.4 Å². The lowest BCUT2D eigenvalue weighted by molar-refractivity contribution is 0.135. The minimum absolute atomic E-state index is 0.167. The first-order chi connectivity index (χ1) is 11.6. The highest BCUT2D eigenvalue weighted by Crippen LogP contribution is 2.26. The molecular weight excluding hydrogens is 323 g/mol. The smallest absolute Gasteiger partial charge is 0.123 e. The third-order valence-electron chi connectivity index (χ3n) is 3.87. The number of aromatic nitrogens is 1. The highest BCUT2D eigenvalue weighted by atomic mass is 32.1. The second-order valence-corrected chi connectivity index (χ2v) is 6.77. The molecule has 3 aromatic rings. The van der Waals surface area contributed by atoms with Gasteiger partial charge in [-0.1, -0.05) is 42.5 Å². The van der Waals surface area contributed by atoms with E-state index in [0.29, 0.717) is 12.1 Å². The number of thiazole rings is 1. The van der Waals surface area contributed by atoms with Gasteiger partial charge in [0.25, 0.3) is 0 Å². The van der Waals surface area contributed by atoms with Gasteiger partial charge in [0.05, 0.1) is 11.0 Å². The number of hydrogen-bond donors (Lipinski definition) is 2. The van der Waals surface area contributed by atoms with E-state index in [0.717, 1.165) is 15.4 Å². The SMILES string of the molecule is CC(NCc1ncc(-c2ccccc2)s1)C(O)c1ccc(F)cc1. The van der Waals surface area contributed by atoms with E-state index in [1.54, 1.807) is 23.5 Å². The van der Waals surface area contributed by atoms with Gasteiger partial charge in [-0.25, -0.2) is 9.37 Å². The molecule has 0 radical (unpaired) electrons. The van der Waals surface area contributed by atoms with Crippen molar-refractivity contribution in [2.75, 3.05) is 0 Å². The molecule has 1 heterocycles. The van der Waals surface area contributed by atoms with Gasteiger partial charge in [-0.05, 0) is 30.2 Å². The average Bonchev–Trinajstić information content (AvgIpc) is 3.09. The molecule has 2 unspecified atom stereocenters. The molecule has 0 bridgehead atoms. The zero-order chi connectivity index (χ0) is 16.9. The summed E-state index contributed by atoms with van der Waals surface area (Å²) < 4.78 is 13.0. The van der Waals surface area contributed by atoms with Crippen LogP contribution < -0.4 is 5.32 Å². The van der Waals surface area contributed by atoms with Crippen molar-refractivity contribution in [3.8, 4) is 10.4 Å². The molecule has 2 atom stereocenters.